The Balaban J connectivity index is 0.00000108. The third-order valence-electron chi connectivity index (χ3n) is 7.11. The summed E-state index contributed by atoms with van der Waals surface area (Å²) in [5.74, 6) is 0. The minimum atomic E-state index is -4.67. The van der Waals surface area contributed by atoms with Gasteiger partial charge in [-0.05, 0) is 70.2 Å². The van der Waals surface area contributed by atoms with Crippen LogP contribution in [-0.4, -0.2) is 67.6 Å². The standard InChI is InChI=1S/C28H32F3N5O.C3H9N/c1-15(32)24-23(33)14-22(28(29,30)31)27-25(24)20-10-9-19(37)13-21(20)26(35-27)18-7-5-17(6-8-18)16(2)34-11-12-36(3)4;1-3-4-2/h5-8,14,19,32,34,37H,2,9-13,33H2,1,3-4H3;4H,3H2,1-2H3. The number of likely N-dealkylation sites (N-methyl/N-ethyl adjacent to an activating group) is 1. The van der Waals surface area contributed by atoms with E-state index in [0.717, 1.165) is 37.0 Å². The van der Waals surface area contributed by atoms with Crippen molar-refractivity contribution in [2.45, 2.75) is 45.4 Å². The fraction of sp³-hybridized carbons (Fsp3) is 0.419. The van der Waals surface area contributed by atoms with Crippen LogP contribution in [0.15, 0.2) is 36.9 Å². The van der Waals surface area contributed by atoms with Crippen molar-refractivity contribution in [2.75, 3.05) is 46.5 Å². The van der Waals surface area contributed by atoms with Crippen LogP contribution in [0, 0.1) is 5.41 Å². The van der Waals surface area contributed by atoms with Gasteiger partial charge in [0.2, 0.25) is 0 Å². The van der Waals surface area contributed by atoms with Gasteiger partial charge < -0.3 is 31.8 Å². The molecule has 0 fully saturated rings. The van der Waals surface area contributed by atoms with Gasteiger partial charge in [-0.25, -0.2) is 4.98 Å². The van der Waals surface area contributed by atoms with E-state index in [4.69, 9.17) is 11.1 Å². The molecule has 0 bridgehead atoms. The molecule has 1 heterocycles. The van der Waals surface area contributed by atoms with Gasteiger partial charge >= 0.3 is 6.18 Å². The van der Waals surface area contributed by atoms with E-state index in [1.54, 1.807) is 0 Å². The van der Waals surface area contributed by atoms with E-state index < -0.39 is 17.8 Å². The number of aromatic nitrogens is 1. The summed E-state index contributed by atoms with van der Waals surface area (Å²) in [6, 6.07) is 8.23. The number of anilines is 1. The highest BCUT2D eigenvalue weighted by Crippen LogP contribution is 2.43. The highest BCUT2D eigenvalue weighted by atomic mass is 19.4. The zero-order valence-electron chi connectivity index (χ0n) is 24.5. The van der Waals surface area contributed by atoms with Gasteiger partial charge in [0.05, 0.1) is 22.9 Å². The Kier molecular flexibility index (Phi) is 10.5. The van der Waals surface area contributed by atoms with Crippen LogP contribution in [0.25, 0.3) is 27.9 Å². The number of aliphatic hydroxyl groups is 1. The van der Waals surface area contributed by atoms with Gasteiger partial charge in [0.1, 0.15) is 0 Å². The van der Waals surface area contributed by atoms with E-state index in [-0.39, 0.29) is 34.3 Å². The first-order chi connectivity index (χ1) is 19.3. The average molecular weight is 571 g/mol. The molecule has 1 aliphatic carbocycles. The lowest BCUT2D eigenvalue weighted by molar-refractivity contribution is -0.136. The van der Waals surface area contributed by atoms with Gasteiger partial charge in [-0.1, -0.05) is 37.8 Å². The molecule has 41 heavy (non-hydrogen) atoms. The van der Waals surface area contributed by atoms with E-state index in [1.165, 1.54) is 6.92 Å². The second kappa shape index (κ2) is 13.5. The van der Waals surface area contributed by atoms with Crippen LogP contribution in [0.2, 0.25) is 0 Å². The topological polar surface area (TPSA) is 110 Å². The minimum Gasteiger partial charge on any atom is -0.398 e. The Morgan fingerprint density at radius 3 is 2.39 bits per heavy atom. The summed E-state index contributed by atoms with van der Waals surface area (Å²) in [5.41, 5.74) is 9.20. The molecule has 3 aromatic rings. The van der Waals surface area contributed by atoms with Crippen molar-refractivity contribution < 1.29 is 18.3 Å². The zero-order valence-corrected chi connectivity index (χ0v) is 24.5. The number of alkyl halides is 3. The summed E-state index contributed by atoms with van der Waals surface area (Å²) < 4.78 is 42.4. The molecule has 2 aromatic carbocycles. The number of benzene rings is 2. The van der Waals surface area contributed by atoms with Crippen molar-refractivity contribution in [1.82, 2.24) is 20.5 Å². The number of aryl methyl sites for hydroxylation is 1. The second-order valence-corrected chi connectivity index (χ2v) is 10.5. The maximum absolute atomic E-state index is 14.1. The van der Waals surface area contributed by atoms with Crippen molar-refractivity contribution in [2.24, 2.45) is 0 Å². The Bertz CT molecular complexity index is 1400. The van der Waals surface area contributed by atoms with Crippen molar-refractivity contribution in [1.29, 1.82) is 5.41 Å². The van der Waals surface area contributed by atoms with Crippen LogP contribution < -0.4 is 16.4 Å². The number of hydrogen-bond donors (Lipinski definition) is 5. The lowest BCUT2D eigenvalue weighted by Gasteiger charge is -2.27. The number of halogens is 3. The number of nitrogens with two attached hydrogens (primary N) is 1. The van der Waals surface area contributed by atoms with Crippen LogP contribution >= 0.6 is 0 Å². The van der Waals surface area contributed by atoms with Gasteiger partial charge in [-0.2, -0.15) is 13.2 Å². The fourth-order valence-electron chi connectivity index (χ4n) is 4.94. The molecule has 4 rings (SSSR count). The average Bonchev–Trinajstić information content (AvgIpc) is 2.91. The highest BCUT2D eigenvalue weighted by Gasteiger charge is 2.37. The molecule has 1 unspecified atom stereocenters. The largest absolute Gasteiger partial charge is 0.418 e. The monoisotopic (exact) mass is 570 g/mol. The van der Waals surface area contributed by atoms with Crippen LogP contribution in [-0.2, 0) is 19.0 Å². The van der Waals surface area contributed by atoms with E-state index >= 15 is 0 Å². The van der Waals surface area contributed by atoms with Crippen molar-refractivity contribution in [3.05, 3.63) is 64.7 Å². The second-order valence-electron chi connectivity index (χ2n) is 10.5. The third kappa shape index (κ3) is 7.44. The van der Waals surface area contributed by atoms with Gasteiger partial charge in [0.25, 0.3) is 0 Å². The molecule has 1 aromatic heterocycles. The predicted octanol–water partition coefficient (Wildman–Crippen LogP) is 5.09. The maximum atomic E-state index is 14.1. The van der Waals surface area contributed by atoms with Crippen LogP contribution in [0.4, 0.5) is 18.9 Å². The molecule has 0 saturated heterocycles. The summed E-state index contributed by atoms with van der Waals surface area (Å²) in [5, 5.41) is 25.2. The fourth-order valence-corrected chi connectivity index (χ4v) is 4.94. The first kappa shape index (κ1) is 32.0. The first-order valence-corrected chi connectivity index (χ1v) is 13.7. The smallest absolute Gasteiger partial charge is 0.398 e. The zero-order chi connectivity index (χ0) is 30.5. The molecule has 0 amide bonds. The minimum absolute atomic E-state index is 0.0729. The first-order valence-electron chi connectivity index (χ1n) is 13.7. The molecule has 222 valence electrons. The lowest BCUT2D eigenvalue weighted by atomic mass is 9.82. The van der Waals surface area contributed by atoms with Gasteiger partial charge in [-0.3, -0.25) is 0 Å². The summed E-state index contributed by atoms with van der Waals surface area (Å²) in [4.78, 5) is 6.62. The molecule has 1 atom stereocenters. The summed E-state index contributed by atoms with van der Waals surface area (Å²) in [6.45, 7) is 10.3. The van der Waals surface area contributed by atoms with Crippen LogP contribution in [0.5, 0.6) is 0 Å². The Hall–Kier alpha value is -3.47. The molecular weight excluding hydrogens is 529 g/mol. The molecule has 0 spiro atoms. The van der Waals surface area contributed by atoms with E-state index in [0.29, 0.717) is 35.2 Å². The Labute approximate surface area is 240 Å². The third-order valence-corrected chi connectivity index (χ3v) is 7.11. The predicted molar refractivity (Wildman–Crippen MR) is 162 cm³/mol. The van der Waals surface area contributed by atoms with Gasteiger partial charge in [-0.15, -0.1) is 0 Å². The Morgan fingerprint density at radius 1 is 1.22 bits per heavy atom. The molecule has 7 nitrogen and oxygen atoms in total. The molecule has 0 saturated carbocycles. The van der Waals surface area contributed by atoms with Crippen molar-refractivity contribution >= 4 is 28.0 Å². The number of pyridine rings is 1. The van der Waals surface area contributed by atoms with Gasteiger partial charge in [0.15, 0.2) is 0 Å². The number of nitrogens with zero attached hydrogens (tertiary/aromatic N) is 2. The lowest BCUT2D eigenvalue weighted by Crippen LogP contribution is -2.25. The number of nitrogen functional groups attached to an aromatic ring is 1. The van der Waals surface area contributed by atoms with E-state index in [2.05, 4.69) is 34.0 Å². The number of fused-ring (bicyclic) bond motifs is 3. The van der Waals surface area contributed by atoms with Crippen molar-refractivity contribution in [3.8, 4) is 11.3 Å². The summed E-state index contributed by atoms with van der Waals surface area (Å²) >= 11 is 0. The van der Waals surface area contributed by atoms with Gasteiger partial charge in [0, 0.05) is 53.1 Å². The molecule has 6 N–H and O–H groups in total. The summed E-state index contributed by atoms with van der Waals surface area (Å²) in [6.07, 6.45) is -4.25. The molecule has 0 aliphatic heterocycles. The SMILES string of the molecule is C=C(NCCN(C)C)c1ccc(-c2nc3c(C(F)(F)F)cc(N)c(C(C)=N)c3c3c2CC(O)CC3)cc1.CCNC. The van der Waals surface area contributed by atoms with Crippen LogP contribution in [0.1, 0.15) is 48.1 Å². The normalized spacial score (nSPS) is 14.8. The number of nitrogens with one attached hydrogen (secondary N) is 3. The van der Waals surface area contributed by atoms with Crippen molar-refractivity contribution in [3.63, 3.8) is 0 Å². The van der Waals surface area contributed by atoms with E-state index in [1.807, 2.05) is 45.4 Å². The number of rotatable bonds is 8. The van der Waals surface area contributed by atoms with Crippen LogP contribution in [0.3, 0.4) is 0 Å². The molecular formula is C31H41F3N6O. The quantitative estimate of drug-likeness (QED) is 0.191. The maximum Gasteiger partial charge on any atom is 0.418 e. The molecule has 1 aliphatic rings. The number of hydrogen-bond acceptors (Lipinski definition) is 7. The highest BCUT2D eigenvalue weighted by molar-refractivity contribution is 6.14. The Morgan fingerprint density at radius 2 is 1.85 bits per heavy atom. The molecule has 10 heteroatoms. The summed E-state index contributed by atoms with van der Waals surface area (Å²) in [7, 11) is 5.90. The number of aliphatic hydroxyl groups excluding tert-OH is 1. The molecule has 0 radical (unpaired) electrons. The van der Waals surface area contributed by atoms with E-state index in [9.17, 15) is 18.3 Å².